The maximum atomic E-state index is 13.2. The number of allylic oxidation sites excluding steroid dienone is 4. The van der Waals surface area contributed by atoms with Crippen LogP contribution in [0.3, 0.4) is 0 Å². The first-order valence-corrected chi connectivity index (χ1v) is 13.5. The highest BCUT2D eigenvalue weighted by Gasteiger charge is 2.24. The molecule has 0 saturated carbocycles. The Balaban J connectivity index is 1.22. The summed E-state index contributed by atoms with van der Waals surface area (Å²) in [6, 6.07) is 14.1. The van der Waals surface area contributed by atoms with Gasteiger partial charge in [0.05, 0.1) is 0 Å². The van der Waals surface area contributed by atoms with E-state index in [1.807, 2.05) is 24.3 Å². The van der Waals surface area contributed by atoms with Crippen molar-refractivity contribution in [2.45, 2.75) is 38.6 Å². The monoisotopic (exact) mass is 506 g/mol. The van der Waals surface area contributed by atoms with Crippen molar-refractivity contribution in [2.75, 3.05) is 32.8 Å². The molecule has 0 aromatic heterocycles. The van der Waals surface area contributed by atoms with Gasteiger partial charge in [-0.25, -0.2) is 0 Å². The number of amides is 1. The molecule has 3 aliphatic rings. The summed E-state index contributed by atoms with van der Waals surface area (Å²) < 4.78 is 11.4. The highest BCUT2D eigenvalue weighted by atomic mass is 35.5. The van der Waals surface area contributed by atoms with Crippen LogP contribution in [0.15, 0.2) is 60.7 Å². The predicted molar refractivity (Wildman–Crippen MR) is 145 cm³/mol. The van der Waals surface area contributed by atoms with Crippen LogP contribution in [0.5, 0.6) is 11.5 Å². The lowest BCUT2D eigenvalue weighted by molar-refractivity contribution is -0.122. The van der Waals surface area contributed by atoms with Gasteiger partial charge in [0.2, 0.25) is 5.91 Å². The number of rotatable bonds is 8. The average molecular weight is 507 g/mol. The SMILES string of the molecule is CC1C=C(c2cccc(Cl)c2)C=CC1CC(=O)NC(Cc1ccc2c(c1)OCCO2)CN1CCCC1. The Kier molecular flexibility index (Phi) is 7.98. The molecule has 1 amide bonds. The van der Waals surface area contributed by atoms with Crippen molar-refractivity contribution in [3.8, 4) is 11.5 Å². The highest BCUT2D eigenvalue weighted by molar-refractivity contribution is 6.30. The van der Waals surface area contributed by atoms with Gasteiger partial charge in [-0.05, 0) is 85.2 Å². The second-order valence-corrected chi connectivity index (χ2v) is 10.6. The normalized spacial score (nSPS) is 22.2. The molecule has 0 radical (unpaired) electrons. The number of benzene rings is 2. The molecule has 1 fully saturated rings. The second kappa shape index (κ2) is 11.5. The number of ether oxygens (including phenoxy) is 2. The standard InChI is InChI=1S/C30H35ClN2O3/c1-21-15-25(24-5-4-6-26(31)18-24)9-8-23(21)19-30(34)32-27(20-33-11-2-3-12-33)16-22-7-10-28-29(17-22)36-14-13-35-28/h4-10,15,17-18,21,23,27H,2-3,11-14,16,19-20H2,1H3,(H,32,34). The van der Waals surface area contributed by atoms with E-state index in [-0.39, 0.29) is 23.8 Å². The first-order valence-electron chi connectivity index (χ1n) is 13.1. The molecule has 36 heavy (non-hydrogen) atoms. The molecule has 5 nitrogen and oxygen atoms in total. The molecule has 3 atom stereocenters. The fourth-order valence-corrected chi connectivity index (χ4v) is 5.61. The maximum Gasteiger partial charge on any atom is 0.220 e. The quantitative estimate of drug-likeness (QED) is 0.511. The van der Waals surface area contributed by atoms with Gasteiger partial charge >= 0.3 is 0 Å². The molecule has 6 heteroatoms. The summed E-state index contributed by atoms with van der Waals surface area (Å²) in [7, 11) is 0. The number of carbonyl (C=O) groups excluding carboxylic acids is 1. The summed E-state index contributed by atoms with van der Waals surface area (Å²) >= 11 is 6.18. The molecular formula is C30H35ClN2O3. The number of carbonyl (C=O) groups is 1. The van der Waals surface area contributed by atoms with Crippen LogP contribution in [0.4, 0.5) is 0 Å². The van der Waals surface area contributed by atoms with Crippen LogP contribution in [-0.4, -0.2) is 49.7 Å². The summed E-state index contributed by atoms with van der Waals surface area (Å²) in [5.74, 6) is 2.15. The van der Waals surface area contributed by atoms with Crippen molar-refractivity contribution in [2.24, 2.45) is 11.8 Å². The zero-order valence-corrected chi connectivity index (χ0v) is 21.7. The lowest BCUT2D eigenvalue weighted by atomic mass is 9.83. The molecule has 1 aliphatic carbocycles. The molecule has 1 N–H and O–H groups in total. The van der Waals surface area contributed by atoms with E-state index in [2.05, 4.69) is 53.6 Å². The van der Waals surface area contributed by atoms with Gasteiger partial charge in [0.15, 0.2) is 11.5 Å². The van der Waals surface area contributed by atoms with Gasteiger partial charge in [-0.1, -0.05) is 55.0 Å². The summed E-state index contributed by atoms with van der Waals surface area (Å²) in [4.78, 5) is 15.7. The van der Waals surface area contributed by atoms with Crippen molar-refractivity contribution in [1.82, 2.24) is 10.2 Å². The lowest BCUT2D eigenvalue weighted by Gasteiger charge is -2.27. The third kappa shape index (κ3) is 6.32. The van der Waals surface area contributed by atoms with E-state index in [1.54, 1.807) is 0 Å². The number of likely N-dealkylation sites (tertiary alicyclic amines) is 1. The van der Waals surface area contributed by atoms with Crippen LogP contribution >= 0.6 is 11.6 Å². The molecule has 2 aromatic rings. The van der Waals surface area contributed by atoms with Crippen LogP contribution in [0.1, 0.15) is 37.3 Å². The zero-order valence-electron chi connectivity index (χ0n) is 20.9. The summed E-state index contributed by atoms with van der Waals surface area (Å²) in [6.45, 7) is 6.42. The van der Waals surface area contributed by atoms with Crippen LogP contribution in [0.25, 0.3) is 5.57 Å². The minimum atomic E-state index is 0.0543. The largest absolute Gasteiger partial charge is 0.486 e. The first-order chi connectivity index (χ1) is 17.5. The molecule has 0 spiro atoms. The molecule has 1 saturated heterocycles. The summed E-state index contributed by atoms with van der Waals surface area (Å²) in [5, 5.41) is 4.10. The van der Waals surface area contributed by atoms with Gasteiger partial charge < -0.3 is 19.7 Å². The van der Waals surface area contributed by atoms with Crippen molar-refractivity contribution >= 4 is 23.1 Å². The summed E-state index contributed by atoms with van der Waals surface area (Å²) in [5.41, 5.74) is 3.43. The third-order valence-corrected chi connectivity index (χ3v) is 7.59. The van der Waals surface area contributed by atoms with Crippen LogP contribution in [0, 0.1) is 11.8 Å². The van der Waals surface area contributed by atoms with Crippen molar-refractivity contribution in [1.29, 1.82) is 0 Å². The molecule has 0 bridgehead atoms. The highest BCUT2D eigenvalue weighted by Crippen LogP contribution is 2.32. The average Bonchev–Trinajstić information content (AvgIpc) is 3.38. The number of hydrogen-bond acceptors (Lipinski definition) is 4. The van der Waals surface area contributed by atoms with Crippen molar-refractivity contribution in [3.63, 3.8) is 0 Å². The van der Waals surface area contributed by atoms with E-state index in [4.69, 9.17) is 21.1 Å². The number of halogens is 1. The van der Waals surface area contributed by atoms with Crippen LogP contribution in [0.2, 0.25) is 5.02 Å². The Labute approximate surface area is 219 Å². The molecule has 3 unspecified atom stereocenters. The third-order valence-electron chi connectivity index (χ3n) is 7.35. The topological polar surface area (TPSA) is 50.8 Å². The van der Waals surface area contributed by atoms with Crippen LogP contribution < -0.4 is 14.8 Å². The van der Waals surface area contributed by atoms with Gasteiger partial charge in [-0.2, -0.15) is 0 Å². The number of nitrogens with one attached hydrogen (secondary N) is 1. The molecule has 5 rings (SSSR count). The van der Waals surface area contributed by atoms with E-state index in [1.165, 1.54) is 12.8 Å². The van der Waals surface area contributed by atoms with Gasteiger partial charge in [-0.3, -0.25) is 4.79 Å². The Morgan fingerprint density at radius 2 is 1.92 bits per heavy atom. The minimum Gasteiger partial charge on any atom is -0.486 e. The van der Waals surface area contributed by atoms with E-state index in [9.17, 15) is 4.79 Å². The fraction of sp³-hybridized carbons (Fsp3) is 0.433. The number of fused-ring (bicyclic) bond motifs is 1. The maximum absolute atomic E-state index is 13.2. The van der Waals surface area contributed by atoms with Crippen LogP contribution in [-0.2, 0) is 11.2 Å². The van der Waals surface area contributed by atoms with Crippen molar-refractivity contribution < 1.29 is 14.3 Å². The number of hydrogen-bond donors (Lipinski definition) is 1. The van der Waals surface area contributed by atoms with E-state index < -0.39 is 0 Å². The van der Waals surface area contributed by atoms with Gasteiger partial charge in [-0.15, -0.1) is 0 Å². The van der Waals surface area contributed by atoms with Crippen molar-refractivity contribution in [3.05, 3.63) is 76.8 Å². The van der Waals surface area contributed by atoms with E-state index in [0.29, 0.717) is 19.6 Å². The molecular weight excluding hydrogens is 472 g/mol. The van der Waals surface area contributed by atoms with E-state index in [0.717, 1.165) is 59.3 Å². The predicted octanol–water partition coefficient (Wildman–Crippen LogP) is 5.53. The summed E-state index contributed by atoms with van der Waals surface area (Å²) in [6.07, 6.45) is 10.3. The molecule has 190 valence electrons. The minimum absolute atomic E-state index is 0.0543. The molecule has 2 aromatic carbocycles. The number of nitrogens with zero attached hydrogens (tertiary/aromatic N) is 1. The molecule has 2 aliphatic heterocycles. The molecule has 2 heterocycles. The van der Waals surface area contributed by atoms with Gasteiger partial charge in [0.25, 0.3) is 0 Å². The Bertz CT molecular complexity index is 1140. The smallest absolute Gasteiger partial charge is 0.220 e. The first kappa shape index (κ1) is 24.9. The Morgan fingerprint density at radius 1 is 1.11 bits per heavy atom. The Morgan fingerprint density at radius 3 is 2.69 bits per heavy atom. The lowest BCUT2D eigenvalue weighted by Crippen LogP contribution is -2.45. The second-order valence-electron chi connectivity index (χ2n) is 10.2. The van der Waals surface area contributed by atoms with Gasteiger partial charge in [0, 0.05) is 24.0 Å². The van der Waals surface area contributed by atoms with Gasteiger partial charge in [0.1, 0.15) is 13.2 Å². The fourth-order valence-electron chi connectivity index (χ4n) is 5.42. The van der Waals surface area contributed by atoms with E-state index >= 15 is 0 Å². The zero-order chi connectivity index (χ0) is 24.9. The Hall–Kier alpha value is -2.76.